The monoisotopic (exact) mass is 434 g/mol. The van der Waals surface area contributed by atoms with Crippen molar-refractivity contribution in [3.8, 4) is 11.5 Å². The number of amides is 2. The van der Waals surface area contributed by atoms with Crippen molar-refractivity contribution in [1.29, 1.82) is 0 Å². The lowest BCUT2D eigenvalue weighted by molar-refractivity contribution is -0.120. The van der Waals surface area contributed by atoms with Crippen LogP contribution < -0.4 is 20.1 Å². The van der Waals surface area contributed by atoms with Gasteiger partial charge in [0.25, 0.3) is 5.91 Å². The Hall–Kier alpha value is -2.54. The smallest absolute Gasteiger partial charge is 0.251 e. The van der Waals surface area contributed by atoms with Crippen LogP contribution >= 0.6 is 15.9 Å². The van der Waals surface area contributed by atoms with E-state index in [1.165, 1.54) is 0 Å². The van der Waals surface area contributed by atoms with Crippen LogP contribution in [0, 0.1) is 0 Å². The van der Waals surface area contributed by atoms with Crippen LogP contribution in [0.2, 0.25) is 0 Å². The molecular formula is C20H23BrN2O4. The summed E-state index contributed by atoms with van der Waals surface area (Å²) < 4.78 is 11.4. The Morgan fingerprint density at radius 3 is 2.33 bits per heavy atom. The molecule has 2 amide bonds. The molecule has 0 aliphatic heterocycles. The van der Waals surface area contributed by atoms with E-state index in [9.17, 15) is 9.59 Å². The van der Waals surface area contributed by atoms with Gasteiger partial charge in [-0.05, 0) is 48.9 Å². The molecule has 2 aromatic rings. The molecular weight excluding hydrogens is 412 g/mol. The molecule has 6 nitrogen and oxygen atoms in total. The molecule has 0 heterocycles. The predicted molar refractivity (Wildman–Crippen MR) is 107 cm³/mol. The fraction of sp³-hybridized carbons (Fsp3) is 0.300. The lowest BCUT2D eigenvalue weighted by atomic mass is 10.1. The van der Waals surface area contributed by atoms with Crippen molar-refractivity contribution < 1.29 is 19.1 Å². The van der Waals surface area contributed by atoms with Crippen molar-refractivity contribution in [1.82, 2.24) is 10.6 Å². The van der Waals surface area contributed by atoms with Crippen molar-refractivity contribution in [2.45, 2.75) is 12.8 Å². The number of ether oxygens (including phenoxy) is 2. The molecule has 0 aliphatic rings. The zero-order chi connectivity index (χ0) is 19.6. The molecule has 0 bridgehead atoms. The van der Waals surface area contributed by atoms with Gasteiger partial charge in [0.15, 0.2) is 0 Å². The molecule has 27 heavy (non-hydrogen) atoms. The highest BCUT2D eigenvalue weighted by Gasteiger charge is 2.10. The highest BCUT2D eigenvalue weighted by Crippen LogP contribution is 2.24. The first-order chi connectivity index (χ1) is 13.0. The number of carbonyl (C=O) groups excluding carboxylic acids is 2. The molecule has 0 saturated heterocycles. The number of rotatable bonds is 9. The normalized spacial score (nSPS) is 10.2. The van der Waals surface area contributed by atoms with Crippen LogP contribution in [-0.2, 0) is 11.2 Å². The van der Waals surface area contributed by atoms with Gasteiger partial charge in [0.2, 0.25) is 5.91 Å². The van der Waals surface area contributed by atoms with E-state index in [1.807, 2.05) is 12.1 Å². The standard InChI is InChI=1S/C20H23BrN2O4/c1-26-17-8-9-18(27-2)15(12-17)13-19(24)22-10-3-11-23-20(25)14-4-6-16(21)7-5-14/h4-9,12H,3,10-11,13H2,1-2H3,(H,22,24)(H,23,25). The zero-order valence-corrected chi connectivity index (χ0v) is 17.0. The Morgan fingerprint density at radius 2 is 1.67 bits per heavy atom. The molecule has 0 saturated carbocycles. The minimum atomic E-state index is -0.130. The first kappa shape index (κ1) is 20.8. The van der Waals surface area contributed by atoms with Gasteiger partial charge < -0.3 is 20.1 Å². The van der Waals surface area contributed by atoms with E-state index in [0.717, 1.165) is 10.0 Å². The van der Waals surface area contributed by atoms with Crippen LogP contribution in [0.1, 0.15) is 22.3 Å². The van der Waals surface area contributed by atoms with Crippen molar-refractivity contribution in [3.63, 3.8) is 0 Å². The fourth-order valence-electron chi connectivity index (χ4n) is 2.48. The number of nitrogens with one attached hydrogen (secondary N) is 2. The summed E-state index contributed by atoms with van der Waals surface area (Å²) in [6.45, 7) is 0.962. The largest absolute Gasteiger partial charge is 0.497 e. The molecule has 7 heteroatoms. The van der Waals surface area contributed by atoms with Crippen LogP contribution in [0.25, 0.3) is 0 Å². The first-order valence-corrected chi connectivity index (χ1v) is 9.34. The number of hydrogen-bond donors (Lipinski definition) is 2. The van der Waals surface area contributed by atoms with Crippen LogP contribution in [0.15, 0.2) is 46.9 Å². The Bertz CT molecular complexity index is 778. The Labute approximate surface area is 167 Å². The number of hydrogen-bond acceptors (Lipinski definition) is 4. The van der Waals surface area contributed by atoms with Gasteiger partial charge in [-0.25, -0.2) is 0 Å². The maximum absolute atomic E-state index is 12.1. The summed E-state index contributed by atoms with van der Waals surface area (Å²) in [7, 11) is 3.14. The maximum atomic E-state index is 12.1. The summed E-state index contributed by atoms with van der Waals surface area (Å²) >= 11 is 3.34. The van der Waals surface area contributed by atoms with E-state index in [2.05, 4.69) is 26.6 Å². The summed E-state index contributed by atoms with van der Waals surface area (Å²) in [5.41, 5.74) is 1.37. The molecule has 144 valence electrons. The molecule has 2 N–H and O–H groups in total. The van der Waals surface area contributed by atoms with E-state index in [4.69, 9.17) is 9.47 Å². The average Bonchev–Trinajstić information content (AvgIpc) is 2.68. The molecule has 0 unspecified atom stereocenters. The van der Waals surface area contributed by atoms with Gasteiger partial charge in [-0.1, -0.05) is 15.9 Å². The lowest BCUT2D eigenvalue weighted by Crippen LogP contribution is -2.30. The van der Waals surface area contributed by atoms with Gasteiger partial charge in [0, 0.05) is 28.7 Å². The number of methoxy groups -OCH3 is 2. The van der Waals surface area contributed by atoms with Crippen molar-refractivity contribution in [2.24, 2.45) is 0 Å². The van der Waals surface area contributed by atoms with Crippen molar-refractivity contribution >= 4 is 27.7 Å². The summed E-state index contributed by atoms with van der Waals surface area (Å²) in [5.74, 6) is 1.08. The summed E-state index contributed by atoms with van der Waals surface area (Å²) in [5, 5.41) is 5.68. The van der Waals surface area contributed by atoms with Crippen LogP contribution in [0.4, 0.5) is 0 Å². The second kappa shape index (κ2) is 10.6. The predicted octanol–water partition coefficient (Wildman–Crippen LogP) is 2.95. The van der Waals surface area contributed by atoms with Gasteiger partial charge in [-0.3, -0.25) is 9.59 Å². The minimum absolute atomic E-state index is 0.110. The third kappa shape index (κ3) is 6.60. The Kier molecular flexibility index (Phi) is 8.13. The average molecular weight is 435 g/mol. The SMILES string of the molecule is COc1ccc(OC)c(CC(=O)NCCCNC(=O)c2ccc(Br)cc2)c1. The second-order valence-corrected chi connectivity index (χ2v) is 6.74. The molecule has 0 radical (unpaired) electrons. The summed E-state index contributed by atoms with van der Waals surface area (Å²) in [6.07, 6.45) is 0.842. The van der Waals surface area contributed by atoms with E-state index >= 15 is 0 Å². The molecule has 2 aromatic carbocycles. The summed E-state index contributed by atoms with van der Waals surface area (Å²) in [4.78, 5) is 24.1. The highest BCUT2D eigenvalue weighted by atomic mass is 79.9. The molecule has 0 spiro atoms. The summed E-state index contributed by atoms with van der Waals surface area (Å²) in [6, 6.07) is 12.5. The van der Waals surface area contributed by atoms with E-state index in [0.29, 0.717) is 36.6 Å². The number of halogens is 1. The first-order valence-electron chi connectivity index (χ1n) is 8.55. The van der Waals surface area contributed by atoms with Crippen molar-refractivity contribution in [2.75, 3.05) is 27.3 Å². The molecule has 0 fully saturated rings. The topological polar surface area (TPSA) is 76.7 Å². The van der Waals surface area contributed by atoms with Gasteiger partial charge in [0.05, 0.1) is 20.6 Å². The van der Waals surface area contributed by atoms with E-state index in [-0.39, 0.29) is 18.2 Å². The van der Waals surface area contributed by atoms with Crippen LogP contribution in [0.3, 0.4) is 0 Å². The third-order valence-electron chi connectivity index (χ3n) is 3.91. The van der Waals surface area contributed by atoms with Crippen LogP contribution in [-0.4, -0.2) is 39.1 Å². The second-order valence-electron chi connectivity index (χ2n) is 5.82. The quantitative estimate of drug-likeness (QED) is 0.594. The van der Waals surface area contributed by atoms with E-state index < -0.39 is 0 Å². The molecule has 0 aliphatic carbocycles. The Balaban J connectivity index is 1.72. The number of benzene rings is 2. The Morgan fingerprint density at radius 1 is 0.963 bits per heavy atom. The molecule has 0 atom stereocenters. The highest BCUT2D eigenvalue weighted by molar-refractivity contribution is 9.10. The van der Waals surface area contributed by atoms with Crippen LogP contribution in [0.5, 0.6) is 11.5 Å². The maximum Gasteiger partial charge on any atom is 0.251 e. The van der Waals surface area contributed by atoms with Gasteiger partial charge in [-0.2, -0.15) is 0 Å². The van der Waals surface area contributed by atoms with Gasteiger partial charge in [-0.15, -0.1) is 0 Å². The third-order valence-corrected chi connectivity index (χ3v) is 4.43. The van der Waals surface area contributed by atoms with Crippen molar-refractivity contribution in [3.05, 3.63) is 58.1 Å². The van der Waals surface area contributed by atoms with Gasteiger partial charge in [0.1, 0.15) is 11.5 Å². The minimum Gasteiger partial charge on any atom is -0.497 e. The number of carbonyl (C=O) groups is 2. The fourth-order valence-corrected chi connectivity index (χ4v) is 2.74. The zero-order valence-electron chi connectivity index (χ0n) is 15.4. The molecule has 0 aromatic heterocycles. The molecule has 2 rings (SSSR count). The van der Waals surface area contributed by atoms with E-state index in [1.54, 1.807) is 44.6 Å². The lowest BCUT2D eigenvalue weighted by Gasteiger charge is -2.11. The van der Waals surface area contributed by atoms with Gasteiger partial charge >= 0.3 is 0 Å².